The lowest BCUT2D eigenvalue weighted by Gasteiger charge is -2.27. The summed E-state index contributed by atoms with van der Waals surface area (Å²) < 4.78 is 13.4. The summed E-state index contributed by atoms with van der Waals surface area (Å²) in [5.74, 6) is -0.309. The van der Waals surface area contributed by atoms with Gasteiger partial charge >= 0.3 is 0 Å². The van der Waals surface area contributed by atoms with E-state index in [1.165, 1.54) is 18.9 Å². The fraction of sp³-hybridized carbons (Fsp3) is 0.571. The van der Waals surface area contributed by atoms with Gasteiger partial charge < -0.3 is 10.6 Å². The number of nitrogens with two attached hydrogens (primary N) is 1. The van der Waals surface area contributed by atoms with Gasteiger partial charge in [0.25, 0.3) is 0 Å². The van der Waals surface area contributed by atoms with Gasteiger partial charge in [0.05, 0.1) is 5.69 Å². The van der Waals surface area contributed by atoms with Crippen LogP contribution in [-0.4, -0.2) is 43.0 Å². The van der Waals surface area contributed by atoms with E-state index in [1.807, 2.05) is 6.07 Å². The minimum Gasteiger partial charge on any atom is -0.396 e. The first-order chi connectivity index (χ1) is 8.58. The van der Waals surface area contributed by atoms with E-state index in [-0.39, 0.29) is 5.82 Å². The molecule has 0 amide bonds. The maximum Gasteiger partial charge on any atom is 0.146 e. The third-order valence-corrected chi connectivity index (χ3v) is 3.59. The number of hydrogen-bond acceptors (Lipinski definition) is 3. The van der Waals surface area contributed by atoms with Gasteiger partial charge in [0, 0.05) is 19.1 Å². The molecule has 0 aromatic heterocycles. The van der Waals surface area contributed by atoms with Crippen molar-refractivity contribution in [3.05, 3.63) is 29.6 Å². The zero-order valence-corrected chi connectivity index (χ0v) is 11.2. The van der Waals surface area contributed by atoms with Crippen LogP contribution in [0.15, 0.2) is 18.2 Å². The van der Waals surface area contributed by atoms with Crippen molar-refractivity contribution in [3.63, 3.8) is 0 Å². The van der Waals surface area contributed by atoms with E-state index >= 15 is 0 Å². The molecule has 1 aliphatic rings. The van der Waals surface area contributed by atoms with Gasteiger partial charge in [0.1, 0.15) is 5.82 Å². The van der Waals surface area contributed by atoms with E-state index in [0.29, 0.717) is 11.7 Å². The molecule has 1 heterocycles. The number of hydrogen-bond donors (Lipinski definition) is 1. The average Bonchev–Trinajstić information content (AvgIpc) is 2.72. The summed E-state index contributed by atoms with van der Waals surface area (Å²) in [6, 6.07) is 5.63. The van der Waals surface area contributed by atoms with Crippen LogP contribution in [0.1, 0.15) is 18.4 Å². The number of nitrogen functional groups attached to an aromatic ring is 1. The molecule has 1 aromatic carbocycles. The number of halogens is 1. The molecule has 0 saturated carbocycles. The molecule has 18 heavy (non-hydrogen) atoms. The Morgan fingerprint density at radius 3 is 2.94 bits per heavy atom. The molecule has 4 heteroatoms. The highest BCUT2D eigenvalue weighted by Gasteiger charge is 2.25. The van der Waals surface area contributed by atoms with E-state index in [4.69, 9.17) is 5.73 Å². The molecular formula is C14H22FN3. The minimum absolute atomic E-state index is 0.299. The van der Waals surface area contributed by atoms with E-state index in [9.17, 15) is 4.39 Å². The molecule has 1 unspecified atom stereocenters. The number of likely N-dealkylation sites (tertiary alicyclic amines) is 1. The monoisotopic (exact) mass is 251 g/mol. The van der Waals surface area contributed by atoms with Crippen LogP contribution in [-0.2, 0) is 6.54 Å². The zero-order chi connectivity index (χ0) is 13.1. The highest BCUT2D eigenvalue weighted by atomic mass is 19.1. The van der Waals surface area contributed by atoms with Gasteiger partial charge in [-0.3, -0.25) is 4.90 Å². The Morgan fingerprint density at radius 1 is 1.44 bits per heavy atom. The molecule has 0 radical (unpaired) electrons. The Hall–Kier alpha value is -1.13. The van der Waals surface area contributed by atoms with E-state index < -0.39 is 0 Å². The number of likely N-dealkylation sites (N-methyl/N-ethyl adjacent to an activating group) is 1. The molecule has 100 valence electrons. The molecule has 3 nitrogen and oxygen atoms in total. The Labute approximate surface area is 108 Å². The van der Waals surface area contributed by atoms with Gasteiger partial charge in [-0.05, 0) is 45.1 Å². The van der Waals surface area contributed by atoms with Crippen LogP contribution in [0.4, 0.5) is 10.1 Å². The fourth-order valence-corrected chi connectivity index (χ4v) is 2.67. The second kappa shape index (κ2) is 5.67. The normalized spacial score (nSPS) is 20.8. The summed E-state index contributed by atoms with van der Waals surface area (Å²) in [6.45, 7) is 2.88. The van der Waals surface area contributed by atoms with E-state index in [2.05, 4.69) is 23.9 Å². The van der Waals surface area contributed by atoms with Gasteiger partial charge in [-0.1, -0.05) is 12.1 Å². The molecule has 0 bridgehead atoms. The Balaban J connectivity index is 2.06. The van der Waals surface area contributed by atoms with Gasteiger partial charge in [-0.2, -0.15) is 0 Å². The Bertz CT molecular complexity index is 406. The summed E-state index contributed by atoms with van der Waals surface area (Å²) in [6.07, 6.45) is 2.43. The first-order valence-electron chi connectivity index (χ1n) is 6.49. The fourth-order valence-electron chi connectivity index (χ4n) is 2.67. The smallest absolute Gasteiger partial charge is 0.146 e. The lowest BCUT2D eigenvalue weighted by atomic mass is 10.1. The molecule has 2 rings (SSSR count). The van der Waals surface area contributed by atoms with Crippen LogP contribution in [0.3, 0.4) is 0 Å². The molecule has 1 aromatic rings. The predicted octanol–water partition coefficient (Wildman–Crippen LogP) is 1.93. The summed E-state index contributed by atoms with van der Waals surface area (Å²) >= 11 is 0. The van der Waals surface area contributed by atoms with Crippen molar-refractivity contribution < 1.29 is 4.39 Å². The van der Waals surface area contributed by atoms with Crippen LogP contribution < -0.4 is 5.73 Å². The van der Waals surface area contributed by atoms with Crippen LogP contribution in [0, 0.1) is 5.82 Å². The summed E-state index contributed by atoms with van der Waals surface area (Å²) in [5, 5.41) is 0. The number of benzene rings is 1. The number of anilines is 1. The third kappa shape index (κ3) is 3.00. The van der Waals surface area contributed by atoms with Crippen LogP contribution in [0.25, 0.3) is 0 Å². The number of rotatable bonds is 4. The molecule has 1 aliphatic heterocycles. The first kappa shape index (κ1) is 13.3. The number of para-hydroxylation sites is 1. The summed E-state index contributed by atoms with van der Waals surface area (Å²) in [4.78, 5) is 4.61. The maximum atomic E-state index is 13.4. The topological polar surface area (TPSA) is 32.5 Å². The summed E-state index contributed by atoms with van der Waals surface area (Å²) in [7, 11) is 4.18. The second-order valence-corrected chi connectivity index (χ2v) is 5.34. The quantitative estimate of drug-likeness (QED) is 0.830. The third-order valence-electron chi connectivity index (χ3n) is 3.59. The highest BCUT2D eigenvalue weighted by Crippen LogP contribution is 2.24. The molecule has 0 aliphatic carbocycles. The van der Waals surface area contributed by atoms with Gasteiger partial charge in [-0.15, -0.1) is 0 Å². The van der Waals surface area contributed by atoms with Gasteiger partial charge in [0.2, 0.25) is 0 Å². The Kier molecular flexibility index (Phi) is 4.19. The van der Waals surface area contributed by atoms with Crippen LogP contribution in [0.2, 0.25) is 0 Å². The lowest BCUT2D eigenvalue weighted by Crippen LogP contribution is -2.37. The molecule has 0 spiro atoms. The van der Waals surface area contributed by atoms with Gasteiger partial charge in [0.15, 0.2) is 0 Å². The predicted molar refractivity (Wildman–Crippen MR) is 72.8 cm³/mol. The zero-order valence-electron chi connectivity index (χ0n) is 11.2. The number of nitrogens with zero attached hydrogens (tertiary/aromatic N) is 2. The van der Waals surface area contributed by atoms with Crippen molar-refractivity contribution in [1.82, 2.24) is 9.80 Å². The largest absolute Gasteiger partial charge is 0.396 e. The second-order valence-electron chi connectivity index (χ2n) is 5.34. The van der Waals surface area contributed by atoms with Crippen molar-refractivity contribution >= 4 is 5.69 Å². The molecular weight excluding hydrogens is 229 g/mol. The van der Waals surface area contributed by atoms with E-state index in [1.54, 1.807) is 6.07 Å². The van der Waals surface area contributed by atoms with Crippen molar-refractivity contribution in [2.45, 2.75) is 25.4 Å². The minimum atomic E-state index is -0.309. The standard InChI is InChI=1S/C14H22FN3/c1-17(2)10-12-6-4-8-18(12)9-11-5-3-7-13(15)14(11)16/h3,5,7,12H,4,6,8-10,16H2,1-2H3. The van der Waals surface area contributed by atoms with Crippen molar-refractivity contribution in [3.8, 4) is 0 Å². The molecule has 1 saturated heterocycles. The highest BCUT2D eigenvalue weighted by molar-refractivity contribution is 5.47. The van der Waals surface area contributed by atoms with Crippen molar-refractivity contribution in [2.75, 3.05) is 32.9 Å². The van der Waals surface area contributed by atoms with Crippen LogP contribution >= 0.6 is 0 Å². The van der Waals surface area contributed by atoms with E-state index in [0.717, 1.165) is 25.2 Å². The molecule has 1 fully saturated rings. The molecule has 2 N–H and O–H groups in total. The van der Waals surface area contributed by atoms with Gasteiger partial charge in [-0.25, -0.2) is 4.39 Å². The SMILES string of the molecule is CN(C)CC1CCCN1Cc1cccc(F)c1N. The van der Waals surface area contributed by atoms with Crippen molar-refractivity contribution in [2.24, 2.45) is 0 Å². The lowest BCUT2D eigenvalue weighted by molar-refractivity contribution is 0.201. The average molecular weight is 251 g/mol. The Morgan fingerprint density at radius 2 is 2.22 bits per heavy atom. The molecule has 1 atom stereocenters. The maximum absolute atomic E-state index is 13.4. The first-order valence-corrected chi connectivity index (χ1v) is 6.49. The summed E-state index contributed by atoms with van der Waals surface area (Å²) in [5.41, 5.74) is 7.00. The van der Waals surface area contributed by atoms with Crippen LogP contribution in [0.5, 0.6) is 0 Å². The van der Waals surface area contributed by atoms with Crippen molar-refractivity contribution in [1.29, 1.82) is 0 Å².